The van der Waals surface area contributed by atoms with Gasteiger partial charge in [-0.1, -0.05) is 11.6 Å². The highest BCUT2D eigenvalue weighted by atomic mass is 127. The van der Waals surface area contributed by atoms with Crippen LogP contribution < -0.4 is 20.1 Å². The Morgan fingerprint density at radius 3 is 2.68 bits per heavy atom. The van der Waals surface area contributed by atoms with E-state index in [-0.39, 0.29) is 24.0 Å². The Bertz CT molecular complexity index is 613. The van der Waals surface area contributed by atoms with Crippen LogP contribution in [0.25, 0.3) is 0 Å². The zero-order valence-corrected chi connectivity index (χ0v) is 20.1. The number of hydrogen-bond acceptors (Lipinski definition) is 4. The van der Waals surface area contributed by atoms with Gasteiger partial charge in [0.25, 0.3) is 0 Å². The lowest BCUT2D eigenvalue weighted by Gasteiger charge is -2.14. The molecule has 0 radical (unpaired) electrons. The SMILES string of the molecule is CCNC(=NCc1cc(Cl)c(OCC)c(OC)c1)NCCCOCC1CC1.I. The predicted octanol–water partition coefficient (Wildman–Crippen LogP) is 4.24. The number of hydrogen-bond donors (Lipinski definition) is 2. The Morgan fingerprint density at radius 1 is 1.25 bits per heavy atom. The molecule has 0 saturated heterocycles. The standard InChI is InChI=1S/C20H32ClN3O3.HI/c1-4-22-20(23-9-6-10-26-14-15-7-8-15)24-13-16-11-17(21)19(27-5-2)18(12-16)25-3;/h11-12,15H,4-10,13-14H2,1-3H3,(H2,22,23,24);1H. The molecule has 6 nitrogen and oxygen atoms in total. The average Bonchev–Trinajstić information content (AvgIpc) is 3.48. The molecule has 0 amide bonds. The first-order valence-electron chi connectivity index (χ1n) is 9.77. The number of rotatable bonds is 12. The zero-order valence-electron chi connectivity index (χ0n) is 17.1. The van der Waals surface area contributed by atoms with Gasteiger partial charge in [0.05, 0.1) is 25.3 Å². The molecule has 0 atom stereocenters. The van der Waals surface area contributed by atoms with E-state index in [1.807, 2.05) is 26.0 Å². The molecule has 0 bridgehead atoms. The summed E-state index contributed by atoms with van der Waals surface area (Å²) in [6.45, 7) is 8.32. The fourth-order valence-electron chi connectivity index (χ4n) is 2.58. The summed E-state index contributed by atoms with van der Waals surface area (Å²) >= 11 is 6.33. The molecule has 1 aromatic rings. The third-order valence-electron chi connectivity index (χ3n) is 4.15. The molecule has 0 heterocycles. The summed E-state index contributed by atoms with van der Waals surface area (Å²) in [6, 6.07) is 3.78. The van der Waals surface area contributed by atoms with Crippen molar-refractivity contribution in [1.82, 2.24) is 10.6 Å². The van der Waals surface area contributed by atoms with Crippen molar-refractivity contribution < 1.29 is 14.2 Å². The molecule has 160 valence electrons. The molecule has 2 rings (SSSR count). The Hall–Kier alpha value is -0.930. The van der Waals surface area contributed by atoms with Gasteiger partial charge in [-0.3, -0.25) is 0 Å². The van der Waals surface area contributed by atoms with E-state index in [1.165, 1.54) is 12.8 Å². The minimum Gasteiger partial charge on any atom is -0.493 e. The predicted molar refractivity (Wildman–Crippen MR) is 126 cm³/mol. The van der Waals surface area contributed by atoms with Crippen molar-refractivity contribution in [3.8, 4) is 11.5 Å². The van der Waals surface area contributed by atoms with Crippen molar-refractivity contribution in [3.63, 3.8) is 0 Å². The van der Waals surface area contributed by atoms with Crippen molar-refractivity contribution in [2.75, 3.05) is 40.0 Å². The molecule has 1 aliphatic carbocycles. The molecule has 0 spiro atoms. The number of nitrogens with one attached hydrogen (secondary N) is 2. The summed E-state index contributed by atoms with van der Waals surface area (Å²) in [5, 5.41) is 7.13. The summed E-state index contributed by atoms with van der Waals surface area (Å²) in [6.07, 6.45) is 3.62. The highest BCUT2D eigenvalue weighted by Crippen LogP contribution is 2.36. The van der Waals surface area contributed by atoms with Gasteiger partial charge < -0.3 is 24.8 Å². The molecule has 8 heteroatoms. The fourth-order valence-corrected chi connectivity index (χ4v) is 2.86. The van der Waals surface area contributed by atoms with Gasteiger partial charge in [-0.15, -0.1) is 24.0 Å². The normalized spacial score (nSPS) is 13.6. The monoisotopic (exact) mass is 525 g/mol. The molecule has 1 saturated carbocycles. The summed E-state index contributed by atoms with van der Waals surface area (Å²) < 4.78 is 16.6. The number of benzene rings is 1. The quantitative estimate of drug-likeness (QED) is 0.185. The number of guanidine groups is 1. The number of ether oxygens (including phenoxy) is 3. The topological polar surface area (TPSA) is 64.1 Å². The maximum Gasteiger partial charge on any atom is 0.191 e. The molecule has 0 aromatic heterocycles. The van der Waals surface area contributed by atoms with Gasteiger partial charge in [-0.2, -0.15) is 0 Å². The second kappa shape index (κ2) is 14.1. The second-order valence-corrected chi connectivity index (χ2v) is 6.94. The molecular formula is C20H33ClIN3O3. The highest BCUT2D eigenvalue weighted by molar-refractivity contribution is 14.0. The number of nitrogens with zero attached hydrogens (tertiary/aromatic N) is 1. The van der Waals surface area contributed by atoms with E-state index < -0.39 is 0 Å². The third kappa shape index (κ3) is 9.05. The van der Waals surface area contributed by atoms with Gasteiger partial charge in [0.15, 0.2) is 17.5 Å². The summed E-state index contributed by atoms with van der Waals surface area (Å²) in [4.78, 5) is 4.63. The van der Waals surface area contributed by atoms with Crippen LogP contribution in [0.1, 0.15) is 38.7 Å². The van der Waals surface area contributed by atoms with Crippen LogP contribution in [-0.4, -0.2) is 46.0 Å². The van der Waals surface area contributed by atoms with Crippen LogP contribution in [0.4, 0.5) is 0 Å². The van der Waals surface area contributed by atoms with Crippen LogP contribution in [0.2, 0.25) is 5.02 Å². The molecule has 28 heavy (non-hydrogen) atoms. The van der Waals surface area contributed by atoms with Crippen LogP contribution >= 0.6 is 35.6 Å². The molecule has 0 unspecified atom stereocenters. The first kappa shape index (κ1) is 25.1. The number of aliphatic imine (C=N–C) groups is 1. The van der Waals surface area contributed by atoms with Crippen LogP contribution in [0, 0.1) is 5.92 Å². The van der Waals surface area contributed by atoms with Gasteiger partial charge in [0.2, 0.25) is 0 Å². The lowest BCUT2D eigenvalue weighted by atomic mass is 10.2. The van der Waals surface area contributed by atoms with Crippen molar-refractivity contribution in [2.45, 2.75) is 39.7 Å². The fraction of sp³-hybridized carbons (Fsp3) is 0.650. The zero-order chi connectivity index (χ0) is 19.5. The molecule has 1 fully saturated rings. The Kier molecular flexibility index (Phi) is 12.7. The van der Waals surface area contributed by atoms with Crippen molar-refractivity contribution in [3.05, 3.63) is 22.7 Å². The van der Waals surface area contributed by atoms with Crippen LogP contribution in [0.5, 0.6) is 11.5 Å². The molecule has 1 aromatic carbocycles. The van der Waals surface area contributed by atoms with E-state index in [4.69, 9.17) is 25.8 Å². The van der Waals surface area contributed by atoms with Crippen LogP contribution in [0.15, 0.2) is 17.1 Å². The Balaban J connectivity index is 0.00000392. The van der Waals surface area contributed by atoms with E-state index in [0.717, 1.165) is 50.2 Å². The van der Waals surface area contributed by atoms with E-state index in [2.05, 4.69) is 15.6 Å². The van der Waals surface area contributed by atoms with Gasteiger partial charge in [-0.05, 0) is 56.7 Å². The summed E-state index contributed by atoms with van der Waals surface area (Å²) in [7, 11) is 1.61. The Morgan fingerprint density at radius 2 is 2.04 bits per heavy atom. The van der Waals surface area contributed by atoms with E-state index in [0.29, 0.717) is 29.7 Å². The molecular weight excluding hydrogens is 493 g/mol. The minimum absolute atomic E-state index is 0. The van der Waals surface area contributed by atoms with Crippen molar-refractivity contribution in [2.24, 2.45) is 10.9 Å². The lowest BCUT2D eigenvalue weighted by molar-refractivity contribution is 0.123. The van der Waals surface area contributed by atoms with E-state index in [1.54, 1.807) is 7.11 Å². The largest absolute Gasteiger partial charge is 0.493 e. The number of methoxy groups -OCH3 is 1. The average molecular weight is 526 g/mol. The third-order valence-corrected chi connectivity index (χ3v) is 4.43. The summed E-state index contributed by atoms with van der Waals surface area (Å²) in [5.41, 5.74) is 0.963. The number of halogens is 2. The molecule has 1 aliphatic rings. The van der Waals surface area contributed by atoms with Gasteiger partial charge in [-0.25, -0.2) is 4.99 Å². The van der Waals surface area contributed by atoms with Crippen molar-refractivity contribution >= 4 is 41.5 Å². The van der Waals surface area contributed by atoms with E-state index in [9.17, 15) is 0 Å². The minimum atomic E-state index is 0. The Labute approximate surface area is 190 Å². The first-order chi connectivity index (χ1) is 13.2. The molecule has 0 aliphatic heterocycles. The van der Waals surface area contributed by atoms with Gasteiger partial charge >= 0.3 is 0 Å². The maximum atomic E-state index is 6.33. The van der Waals surface area contributed by atoms with E-state index >= 15 is 0 Å². The van der Waals surface area contributed by atoms with Gasteiger partial charge in [0.1, 0.15) is 0 Å². The molecule has 2 N–H and O–H groups in total. The maximum absolute atomic E-state index is 6.33. The smallest absolute Gasteiger partial charge is 0.191 e. The first-order valence-corrected chi connectivity index (χ1v) is 10.1. The van der Waals surface area contributed by atoms with Crippen LogP contribution in [-0.2, 0) is 11.3 Å². The second-order valence-electron chi connectivity index (χ2n) is 6.54. The van der Waals surface area contributed by atoms with Crippen molar-refractivity contribution in [1.29, 1.82) is 0 Å². The summed E-state index contributed by atoms with van der Waals surface area (Å²) in [5.74, 6) is 2.80. The van der Waals surface area contributed by atoms with Gasteiger partial charge in [0, 0.05) is 26.3 Å². The van der Waals surface area contributed by atoms with Crippen LogP contribution in [0.3, 0.4) is 0 Å². The highest BCUT2D eigenvalue weighted by Gasteiger charge is 2.20. The lowest BCUT2D eigenvalue weighted by Crippen LogP contribution is -2.38.